The van der Waals surface area contributed by atoms with Gasteiger partial charge in [-0.25, -0.2) is 4.90 Å². The predicted octanol–water partition coefficient (Wildman–Crippen LogP) is 2.30. The first kappa shape index (κ1) is 18.1. The van der Waals surface area contributed by atoms with Crippen molar-refractivity contribution < 1.29 is 19.5 Å². The van der Waals surface area contributed by atoms with Crippen LogP contribution in [-0.2, 0) is 19.8 Å². The molecule has 4 aliphatic rings. The molecule has 1 aliphatic heterocycles. The van der Waals surface area contributed by atoms with E-state index in [1.165, 1.54) is 4.90 Å². The largest absolute Gasteiger partial charge is 0.549 e. The quantitative estimate of drug-likeness (QED) is 0.610. The van der Waals surface area contributed by atoms with E-state index in [1.807, 2.05) is 43.3 Å². The van der Waals surface area contributed by atoms with E-state index in [4.69, 9.17) is 0 Å². The van der Waals surface area contributed by atoms with Crippen LogP contribution in [0.4, 0.5) is 5.69 Å². The van der Waals surface area contributed by atoms with Gasteiger partial charge in [0.05, 0.1) is 28.9 Å². The second-order valence-electron chi connectivity index (χ2n) is 8.55. The average molecular weight is 408 g/mol. The van der Waals surface area contributed by atoms with Crippen molar-refractivity contribution >= 4 is 23.5 Å². The number of para-hydroxylation sites is 1. The molecule has 3 aromatic rings. The van der Waals surface area contributed by atoms with E-state index < -0.39 is 29.1 Å². The zero-order valence-corrected chi connectivity index (χ0v) is 16.7. The molecule has 0 unspecified atom stereocenters. The number of carboxylic acids is 1. The van der Waals surface area contributed by atoms with Gasteiger partial charge in [-0.05, 0) is 40.8 Å². The van der Waals surface area contributed by atoms with Crippen LogP contribution in [0, 0.1) is 18.8 Å². The summed E-state index contributed by atoms with van der Waals surface area (Å²) in [6.07, 6.45) is 0. The van der Waals surface area contributed by atoms with Crippen LogP contribution in [0.15, 0.2) is 72.8 Å². The predicted molar refractivity (Wildman–Crippen MR) is 111 cm³/mol. The van der Waals surface area contributed by atoms with Crippen molar-refractivity contribution in [3.8, 4) is 0 Å². The minimum Gasteiger partial charge on any atom is -0.549 e. The second kappa shape index (κ2) is 5.91. The summed E-state index contributed by atoms with van der Waals surface area (Å²) in [6, 6.07) is 21.7. The molecular formula is C26H18NO4-. The van der Waals surface area contributed by atoms with Crippen molar-refractivity contribution in [3.05, 3.63) is 101 Å². The summed E-state index contributed by atoms with van der Waals surface area (Å²) < 4.78 is 0. The lowest BCUT2D eigenvalue weighted by Gasteiger charge is -2.54. The molecule has 3 aromatic carbocycles. The van der Waals surface area contributed by atoms with Crippen LogP contribution in [0.25, 0.3) is 0 Å². The highest BCUT2D eigenvalue weighted by Crippen LogP contribution is 2.64. The molecule has 0 N–H and O–H groups in total. The third-order valence-corrected chi connectivity index (χ3v) is 7.30. The number of carbonyl (C=O) groups is 3. The normalized spacial score (nSPS) is 27.6. The van der Waals surface area contributed by atoms with Crippen LogP contribution in [0.3, 0.4) is 0 Å². The van der Waals surface area contributed by atoms with Gasteiger partial charge in [-0.3, -0.25) is 9.59 Å². The van der Waals surface area contributed by atoms with E-state index in [1.54, 1.807) is 36.4 Å². The number of carbonyl (C=O) groups excluding carboxylic acids is 3. The lowest BCUT2D eigenvalue weighted by Crippen LogP contribution is -2.61. The van der Waals surface area contributed by atoms with Crippen molar-refractivity contribution in [2.24, 2.45) is 11.8 Å². The summed E-state index contributed by atoms with van der Waals surface area (Å²) in [4.78, 5) is 41.8. The maximum atomic E-state index is 13.8. The molecule has 2 atom stereocenters. The van der Waals surface area contributed by atoms with E-state index in [0.717, 1.165) is 16.7 Å². The van der Waals surface area contributed by atoms with Crippen LogP contribution < -0.4 is 10.0 Å². The maximum absolute atomic E-state index is 13.8. The van der Waals surface area contributed by atoms with Gasteiger partial charge in [0.15, 0.2) is 0 Å². The Kier molecular flexibility index (Phi) is 3.45. The molecule has 3 aliphatic carbocycles. The average Bonchev–Trinajstić information content (AvgIpc) is 3.05. The summed E-state index contributed by atoms with van der Waals surface area (Å²) in [7, 11) is 0. The number of carboxylic acid groups (broad SMARTS) is 1. The number of rotatable bonds is 2. The van der Waals surface area contributed by atoms with Crippen LogP contribution >= 0.6 is 0 Å². The molecule has 152 valence electrons. The van der Waals surface area contributed by atoms with Crippen LogP contribution in [0.5, 0.6) is 0 Å². The van der Waals surface area contributed by atoms with Gasteiger partial charge in [0, 0.05) is 5.92 Å². The number of hydrogen-bond donors (Lipinski definition) is 0. The Hall–Kier alpha value is -3.73. The minimum atomic E-state index is -1.70. The fourth-order valence-corrected chi connectivity index (χ4v) is 6.17. The summed E-state index contributed by atoms with van der Waals surface area (Å²) in [6.45, 7) is 1.84. The third-order valence-electron chi connectivity index (χ3n) is 7.30. The molecule has 1 saturated heterocycles. The molecule has 0 spiro atoms. The smallest absolute Gasteiger partial charge is 0.239 e. The highest BCUT2D eigenvalue weighted by molar-refractivity contribution is 6.25. The molecule has 0 radical (unpaired) electrons. The Bertz CT molecular complexity index is 1260. The van der Waals surface area contributed by atoms with Crippen molar-refractivity contribution in [1.29, 1.82) is 0 Å². The van der Waals surface area contributed by atoms with Crippen LogP contribution in [0.1, 0.15) is 33.7 Å². The Morgan fingerprint density at radius 2 is 1.39 bits per heavy atom. The number of nitrogens with zero attached hydrogens (tertiary/aromatic N) is 1. The number of anilines is 1. The van der Waals surface area contributed by atoms with E-state index in [2.05, 4.69) is 0 Å². The van der Waals surface area contributed by atoms with Gasteiger partial charge in [0.2, 0.25) is 11.8 Å². The molecule has 5 nitrogen and oxygen atoms in total. The van der Waals surface area contributed by atoms with E-state index in [9.17, 15) is 19.5 Å². The van der Waals surface area contributed by atoms with Gasteiger partial charge in [0.1, 0.15) is 0 Å². The third kappa shape index (κ3) is 1.94. The van der Waals surface area contributed by atoms with Gasteiger partial charge in [-0.15, -0.1) is 0 Å². The van der Waals surface area contributed by atoms with Crippen molar-refractivity contribution in [2.75, 3.05) is 4.90 Å². The highest BCUT2D eigenvalue weighted by atomic mass is 16.4. The van der Waals surface area contributed by atoms with E-state index in [-0.39, 0.29) is 11.8 Å². The molecule has 5 heteroatoms. The topological polar surface area (TPSA) is 77.5 Å². The zero-order valence-electron chi connectivity index (χ0n) is 16.7. The number of imide groups is 1. The van der Waals surface area contributed by atoms with Crippen molar-refractivity contribution in [2.45, 2.75) is 18.3 Å². The van der Waals surface area contributed by atoms with E-state index >= 15 is 0 Å². The van der Waals surface area contributed by atoms with Gasteiger partial charge in [0.25, 0.3) is 0 Å². The van der Waals surface area contributed by atoms with E-state index in [0.29, 0.717) is 16.8 Å². The molecule has 2 amide bonds. The summed E-state index contributed by atoms with van der Waals surface area (Å²) in [5.41, 5.74) is 2.30. The first-order valence-corrected chi connectivity index (χ1v) is 10.3. The Balaban J connectivity index is 1.69. The Labute approximate surface area is 178 Å². The second-order valence-corrected chi connectivity index (χ2v) is 8.55. The Morgan fingerprint density at radius 1 is 0.839 bits per heavy atom. The fraction of sp³-hybridized carbons (Fsp3) is 0.192. The van der Waals surface area contributed by atoms with Crippen LogP contribution in [0.2, 0.25) is 0 Å². The molecule has 7 rings (SSSR count). The molecule has 2 bridgehead atoms. The lowest BCUT2D eigenvalue weighted by atomic mass is 9.47. The minimum absolute atomic E-state index is 0.344. The summed E-state index contributed by atoms with van der Waals surface area (Å²) >= 11 is 0. The number of benzene rings is 3. The number of aryl methyl sites for hydroxylation is 1. The van der Waals surface area contributed by atoms with Crippen LogP contribution in [-0.4, -0.2) is 17.8 Å². The molecule has 31 heavy (non-hydrogen) atoms. The molecular weight excluding hydrogens is 390 g/mol. The first-order valence-electron chi connectivity index (χ1n) is 10.3. The highest BCUT2D eigenvalue weighted by Gasteiger charge is 2.69. The summed E-state index contributed by atoms with van der Waals surface area (Å²) in [5, 5.41) is 13.0. The fourth-order valence-electron chi connectivity index (χ4n) is 6.17. The van der Waals surface area contributed by atoms with Gasteiger partial charge < -0.3 is 9.90 Å². The Morgan fingerprint density at radius 3 is 1.97 bits per heavy atom. The van der Waals surface area contributed by atoms with Gasteiger partial charge >= 0.3 is 0 Å². The zero-order chi connectivity index (χ0) is 21.5. The summed E-state index contributed by atoms with van der Waals surface area (Å²) in [5.74, 6) is -4.35. The van der Waals surface area contributed by atoms with Crippen molar-refractivity contribution in [3.63, 3.8) is 0 Å². The standard InChI is InChI=1S/C26H19NO4/c1-14-8-2-7-13-19(14)27-23(28)21-20-15-9-3-5-11-17(15)26(25(30)31,22(21)24(27)29)18-12-6-4-10-16(18)20/h2-13,20-22H,1H3,(H,30,31)/p-1/t20?,21-,22+,26?/m0/s1. The lowest BCUT2D eigenvalue weighted by molar-refractivity contribution is -0.314. The van der Waals surface area contributed by atoms with Crippen molar-refractivity contribution in [1.82, 2.24) is 0 Å². The SMILES string of the molecule is Cc1ccccc1N1C(=O)[C@H]2C3c4ccccc4C(C(=O)[O-])(c4ccccc43)[C@H]2C1=O. The van der Waals surface area contributed by atoms with Gasteiger partial charge in [-0.2, -0.15) is 0 Å². The van der Waals surface area contributed by atoms with Gasteiger partial charge in [-0.1, -0.05) is 66.7 Å². The number of hydrogen-bond acceptors (Lipinski definition) is 4. The molecule has 1 heterocycles. The molecule has 0 aromatic heterocycles. The number of aliphatic carboxylic acids is 1. The first-order chi connectivity index (χ1) is 15.0. The number of amides is 2. The maximum Gasteiger partial charge on any atom is 0.239 e. The molecule has 1 fully saturated rings. The molecule has 0 saturated carbocycles. The monoisotopic (exact) mass is 408 g/mol.